The van der Waals surface area contributed by atoms with Gasteiger partial charge in [-0.1, -0.05) is 26.7 Å². The molecule has 7 heteroatoms. The number of carbonyl (C=O) groups excluding carboxylic acids is 2. The van der Waals surface area contributed by atoms with E-state index in [0.29, 0.717) is 23.3 Å². The van der Waals surface area contributed by atoms with E-state index in [1.807, 2.05) is 13.8 Å². The third-order valence-electron chi connectivity index (χ3n) is 4.57. The van der Waals surface area contributed by atoms with Crippen LogP contribution in [0.1, 0.15) is 51.2 Å². The van der Waals surface area contributed by atoms with Crippen LogP contribution >= 0.6 is 0 Å². The normalized spacial score (nSPS) is 13.1. The van der Waals surface area contributed by atoms with Crippen molar-refractivity contribution in [3.05, 3.63) is 39.7 Å². The summed E-state index contributed by atoms with van der Waals surface area (Å²) < 4.78 is 11.1. The van der Waals surface area contributed by atoms with Crippen LogP contribution in [0.3, 0.4) is 0 Å². The first-order chi connectivity index (χ1) is 13.3. The highest BCUT2D eigenvalue weighted by molar-refractivity contribution is 5.87. The summed E-state index contributed by atoms with van der Waals surface area (Å²) in [6.45, 7) is 7.13. The Morgan fingerprint density at radius 3 is 2.57 bits per heavy atom. The Kier molecular flexibility index (Phi) is 7.20. The minimum atomic E-state index is -1.32. The predicted molar refractivity (Wildman–Crippen MR) is 103 cm³/mol. The zero-order chi connectivity index (χ0) is 20.8. The van der Waals surface area contributed by atoms with Crippen LogP contribution in [0.15, 0.2) is 27.4 Å². The molecule has 1 amide bonds. The molecule has 0 spiro atoms. The number of hydrogen-bond acceptors (Lipinski definition) is 6. The van der Waals surface area contributed by atoms with E-state index in [2.05, 4.69) is 5.32 Å². The topological polar surface area (TPSA) is 109 Å². The fourth-order valence-electron chi connectivity index (χ4n) is 3.08. The van der Waals surface area contributed by atoms with Crippen LogP contribution in [-0.4, -0.2) is 24.0 Å². The molecule has 0 saturated carbocycles. The highest BCUT2D eigenvalue weighted by atomic mass is 16.5. The molecule has 1 N–H and O–H groups in total. The van der Waals surface area contributed by atoms with Gasteiger partial charge in [0.1, 0.15) is 11.3 Å². The van der Waals surface area contributed by atoms with Crippen molar-refractivity contribution in [3.63, 3.8) is 0 Å². The van der Waals surface area contributed by atoms with Crippen molar-refractivity contribution < 1.29 is 23.8 Å². The van der Waals surface area contributed by atoms with Crippen LogP contribution in [0.25, 0.3) is 11.0 Å². The Bertz CT molecular complexity index is 917. The minimum Gasteiger partial charge on any atom is -0.548 e. The van der Waals surface area contributed by atoms with Gasteiger partial charge < -0.3 is 24.4 Å². The number of carboxylic acids is 1. The number of ether oxygens (including phenoxy) is 1. The smallest absolute Gasteiger partial charge is 0.336 e. The first kappa shape index (κ1) is 21.5. The molecule has 0 bridgehead atoms. The van der Waals surface area contributed by atoms with Crippen LogP contribution in [0.5, 0.6) is 5.75 Å². The molecule has 0 fully saturated rings. The summed E-state index contributed by atoms with van der Waals surface area (Å²) in [5, 5.41) is 14.4. The molecule has 7 nitrogen and oxygen atoms in total. The van der Waals surface area contributed by atoms with E-state index in [-0.39, 0.29) is 6.42 Å². The molecule has 2 atom stereocenters. The summed E-state index contributed by atoms with van der Waals surface area (Å²) in [6.07, 6.45) is 1.59. The molecular weight excluding hydrogens is 362 g/mol. The second-order valence-corrected chi connectivity index (χ2v) is 6.84. The third kappa shape index (κ3) is 4.91. The van der Waals surface area contributed by atoms with Crippen molar-refractivity contribution in [1.82, 2.24) is 5.32 Å². The predicted octanol–water partition coefficient (Wildman–Crippen LogP) is 1.86. The van der Waals surface area contributed by atoms with Gasteiger partial charge in [-0.15, -0.1) is 0 Å². The maximum Gasteiger partial charge on any atom is 0.336 e. The Morgan fingerprint density at radius 2 is 1.96 bits per heavy atom. The van der Waals surface area contributed by atoms with Crippen molar-refractivity contribution in [1.29, 1.82) is 0 Å². The quantitative estimate of drug-likeness (QED) is 0.657. The van der Waals surface area contributed by atoms with Crippen LogP contribution < -0.4 is 20.8 Å². The Labute approximate surface area is 163 Å². The van der Waals surface area contributed by atoms with Crippen molar-refractivity contribution in [2.75, 3.05) is 0 Å². The molecule has 0 aliphatic rings. The van der Waals surface area contributed by atoms with E-state index in [1.165, 1.54) is 13.0 Å². The summed E-state index contributed by atoms with van der Waals surface area (Å²) in [4.78, 5) is 35.3. The molecule has 0 saturated heterocycles. The second kappa shape index (κ2) is 9.39. The van der Waals surface area contributed by atoms with E-state index in [4.69, 9.17) is 9.15 Å². The van der Waals surface area contributed by atoms with Crippen molar-refractivity contribution in [2.45, 2.75) is 65.5 Å². The van der Waals surface area contributed by atoms with E-state index in [1.54, 1.807) is 19.1 Å². The molecule has 2 aromatic rings. The lowest BCUT2D eigenvalue weighted by Gasteiger charge is -2.22. The Morgan fingerprint density at radius 1 is 1.25 bits per heavy atom. The number of nitrogens with one attached hydrogen (secondary N) is 1. The lowest BCUT2D eigenvalue weighted by atomic mass is 10.0. The van der Waals surface area contributed by atoms with E-state index >= 15 is 0 Å². The lowest BCUT2D eigenvalue weighted by molar-refractivity contribution is -0.308. The van der Waals surface area contributed by atoms with Gasteiger partial charge in [0.15, 0.2) is 6.10 Å². The monoisotopic (exact) mass is 388 g/mol. The Hall–Kier alpha value is -2.83. The first-order valence-corrected chi connectivity index (χ1v) is 9.52. The van der Waals surface area contributed by atoms with Gasteiger partial charge in [-0.2, -0.15) is 0 Å². The molecule has 0 aliphatic heterocycles. The van der Waals surface area contributed by atoms with Crippen LogP contribution in [0, 0.1) is 6.92 Å². The average Bonchev–Trinajstić information content (AvgIpc) is 2.64. The van der Waals surface area contributed by atoms with E-state index in [0.717, 1.165) is 23.8 Å². The third-order valence-corrected chi connectivity index (χ3v) is 4.57. The van der Waals surface area contributed by atoms with Crippen LogP contribution in [-0.2, 0) is 16.0 Å². The number of carboxylic acid groups (broad SMARTS) is 1. The van der Waals surface area contributed by atoms with Gasteiger partial charge in [-0.25, -0.2) is 4.79 Å². The average molecular weight is 388 g/mol. The van der Waals surface area contributed by atoms with E-state index in [9.17, 15) is 19.5 Å². The largest absolute Gasteiger partial charge is 0.548 e. The summed E-state index contributed by atoms with van der Waals surface area (Å²) >= 11 is 0. The Balaban J connectivity index is 2.26. The minimum absolute atomic E-state index is 0.279. The van der Waals surface area contributed by atoms with Crippen molar-refractivity contribution in [3.8, 4) is 5.75 Å². The SMILES string of the molecule is CCCc1cc(=O)oc2c(C)c(O[C@@H](C)C(=O)N[C@@H](CCC)C(=O)[O-])ccc12. The fraction of sp³-hybridized carbons (Fsp3) is 0.476. The van der Waals surface area contributed by atoms with Gasteiger partial charge in [-0.05, 0) is 44.4 Å². The number of fused-ring (bicyclic) bond motifs is 1. The summed E-state index contributed by atoms with van der Waals surface area (Å²) in [5.74, 6) is -1.48. The van der Waals surface area contributed by atoms with Gasteiger partial charge in [-0.3, -0.25) is 4.79 Å². The molecule has 28 heavy (non-hydrogen) atoms. The molecule has 0 aliphatic carbocycles. The molecule has 1 heterocycles. The number of carbonyl (C=O) groups is 2. The highest BCUT2D eigenvalue weighted by Crippen LogP contribution is 2.29. The molecule has 1 aromatic heterocycles. The highest BCUT2D eigenvalue weighted by Gasteiger charge is 2.21. The number of rotatable bonds is 9. The van der Waals surface area contributed by atoms with Gasteiger partial charge >= 0.3 is 5.63 Å². The number of aliphatic carboxylic acids is 1. The molecular formula is C21H26NO6-. The molecule has 152 valence electrons. The molecule has 1 aromatic carbocycles. The standard InChI is InChI=1S/C21H27NO6/c1-5-7-14-11-18(23)28-19-12(3)17(10-9-15(14)19)27-13(4)20(24)22-16(8-6-2)21(25)26/h9-11,13,16H,5-8H2,1-4H3,(H,22,24)(H,25,26)/p-1/t13-,16-/m0/s1. The van der Waals surface area contributed by atoms with Gasteiger partial charge in [0.05, 0.1) is 12.0 Å². The molecule has 0 radical (unpaired) electrons. The van der Waals surface area contributed by atoms with Gasteiger partial charge in [0, 0.05) is 17.0 Å². The summed E-state index contributed by atoms with van der Waals surface area (Å²) in [7, 11) is 0. The fourth-order valence-corrected chi connectivity index (χ4v) is 3.08. The zero-order valence-electron chi connectivity index (χ0n) is 16.7. The lowest BCUT2D eigenvalue weighted by Crippen LogP contribution is -2.51. The van der Waals surface area contributed by atoms with Crippen molar-refractivity contribution >= 4 is 22.8 Å². The van der Waals surface area contributed by atoms with Gasteiger partial charge in [0.25, 0.3) is 5.91 Å². The number of benzene rings is 1. The number of amides is 1. The number of hydrogen-bond donors (Lipinski definition) is 1. The maximum atomic E-state index is 12.3. The zero-order valence-corrected chi connectivity index (χ0v) is 16.7. The summed E-state index contributed by atoms with van der Waals surface area (Å²) in [6, 6.07) is 3.96. The van der Waals surface area contributed by atoms with Crippen LogP contribution in [0.2, 0.25) is 0 Å². The van der Waals surface area contributed by atoms with E-state index < -0.39 is 29.6 Å². The molecule has 0 unspecified atom stereocenters. The second-order valence-electron chi connectivity index (χ2n) is 6.84. The maximum absolute atomic E-state index is 12.3. The van der Waals surface area contributed by atoms with Crippen LogP contribution in [0.4, 0.5) is 0 Å². The first-order valence-electron chi connectivity index (χ1n) is 9.52. The van der Waals surface area contributed by atoms with Crippen molar-refractivity contribution in [2.24, 2.45) is 0 Å². The summed E-state index contributed by atoms with van der Waals surface area (Å²) in [5.41, 5.74) is 1.51. The molecule has 2 rings (SSSR count). The van der Waals surface area contributed by atoms with Gasteiger partial charge in [0.2, 0.25) is 0 Å². The number of aryl methyl sites for hydroxylation is 2.